The molecule has 0 aromatic heterocycles. The highest BCUT2D eigenvalue weighted by Gasteiger charge is 2.27. The summed E-state index contributed by atoms with van der Waals surface area (Å²) in [6.07, 6.45) is -1.67. The van der Waals surface area contributed by atoms with Crippen molar-refractivity contribution in [3.63, 3.8) is 0 Å². The minimum Gasteiger partial charge on any atom is -0.492 e. The van der Waals surface area contributed by atoms with Crippen molar-refractivity contribution in [1.82, 2.24) is 0 Å². The number of esters is 2. The molecule has 0 aliphatic heterocycles. The van der Waals surface area contributed by atoms with Gasteiger partial charge in [-0.3, -0.25) is 4.79 Å². The molecule has 0 fully saturated rings. The van der Waals surface area contributed by atoms with Gasteiger partial charge in [0.2, 0.25) is 0 Å². The van der Waals surface area contributed by atoms with Crippen LogP contribution in [0.4, 0.5) is 4.79 Å². The molecule has 25 heavy (non-hydrogen) atoms. The van der Waals surface area contributed by atoms with E-state index < -0.39 is 23.7 Å². The number of benzene rings is 1. The van der Waals surface area contributed by atoms with E-state index in [0.29, 0.717) is 15.8 Å². The van der Waals surface area contributed by atoms with Crippen molar-refractivity contribution in [2.45, 2.75) is 26.1 Å². The lowest BCUT2D eigenvalue weighted by molar-refractivity contribution is -0.189. The number of carbonyl (C=O) groups excluding carboxylic acids is 3. The normalized spacial score (nSPS) is 11.4. The molecule has 0 aliphatic rings. The molecule has 0 saturated heterocycles. The second-order valence-corrected chi connectivity index (χ2v) is 5.61. The highest BCUT2D eigenvalue weighted by molar-refractivity contribution is 6.61. The van der Waals surface area contributed by atoms with Crippen molar-refractivity contribution < 1.29 is 33.3 Å². The third-order valence-corrected chi connectivity index (χ3v) is 3.21. The summed E-state index contributed by atoms with van der Waals surface area (Å²) in [5, 5.41) is 0.811. The Kier molecular flexibility index (Phi) is 9.41. The summed E-state index contributed by atoms with van der Waals surface area (Å²) < 4.78 is 19.1. The third kappa shape index (κ3) is 8.29. The van der Waals surface area contributed by atoms with Gasteiger partial charge >= 0.3 is 23.7 Å². The Morgan fingerprint density at radius 2 is 1.88 bits per heavy atom. The van der Waals surface area contributed by atoms with Gasteiger partial charge < -0.3 is 18.9 Å². The molecule has 0 heterocycles. The molecule has 0 N–H and O–H groups in total. The summed E-state index contributed by atoms with van der Waals surface area (Å²) in [4.78, 5) is 33.9. The summed E-state index contributed by atoms with van der Waals surface area (Å²) in [6.45, 7) is 1.72. The number of hydrogen-bond donors (Lipinski definition) is 0. The summed E-state index contributed by atoms with van der Waals surface area (Å²) in [6, 6.07) is 4.73. The lowest BCUT2D eigenvalue weighted by atomic mass is 10.3. The molecule has 0 saturated carbocycles. The van der Waals surface area contributed by atoms with Gasteiger partial charge in [0.05, 0.1) is 18.2 Å². The molecule has 0 aliphatic carbocycles. The first-order valence-corrected chi connectivity index (χ1v) is 8.27. The van der Waals surface area contributed by atoms with Crippen LogP contribution >= 0.6 is 34.8 Å². The Morgan fingerprint density at radius 3 is 2.48 bits per heavy atom. The SMILES string of the molecule is CCOC(=O)C(OC(=O)Cl)OC(=O)CCCOc1ccc(Cl)cc1Cl. The molecule has 138 valence electrons. The standard InChI is InChI=1S/C15H15Cl3O7/c1-2-22-13(20)14(25-15(18)21)24-12(19)4-3-7-23-11-6-5-9(16)8-10(11)17/h5-6,8,14H,2-4,7H2,1H3. The first-order valence-electron chi connectivity index (χ1n) is 7.13. The summed E-state index contributed by atoms with van der Waals surface area (Å²) in [5.74, 6) is -1.41. The van der Waals surface area contributed by atoms with Gasteiger partial charge in [0.15, 0.2) is 0 Å². The van der Waals surface area contributed by atoms with Crippen molar-refractivity contribution in [1.29, 1.82) is 0 Å². The summed E-state index contributed by atoms with van der Waals surface area (Å²) >= 11 is 16.7. The number of ether oxygens (including phenoxy) is 4. The topological polar surface area (TPSA) is 88.1 Å². The highest BCUT2D eigenvalue weighted by Crippen LogP contribution is 2.27. The van der Waals surface area contributed by atoms with Crippen LogP contribution in [0.25, 0.3) is 0 Å². The molecule has 1 aromatic carbocycles. The Balaban J connectivity index is 2.41. The van der Waals surface area contributed by atoms with Gasteiger partial charge in [0, 0.05) is 23.0 Å². The summed E-state index contributed by atoms with van der Waals surface area (Å²) in [7, 11) is 0. The van der Waals surface area contributed by atoms with E-state index in [1.165, 1.54) is 6.07 Å². The molecule has 7 nitrogen and oxygen atoms in total. The number of rotatable bonds is 9. The molecule has 10 heteroatoms. The maximum atomic E-state index is 11.7. The lowest BCUT2D eigenvalue weighted by Gasteiger charge is -2.15. The molecule has 1 unspecified atom stereocenters. The van der Waals surface area contributed by atoms with Gasteiger partial charge in [-0.1, -0.05) is 23.2 Å². The van der Waals surface area contributed by atoms with Crippen LogP contribution in [0.2, 0.25) is 10.0 Å². The molecular formula is C15H15Cl3O7. The van der Waals surface area contributed by atoms with E-state index >= 15 is 0 Å². The van der Waals surface area contributed by atoms with E-state index in [0.717, 1.165) is 0 Å². The highest BCUT2D eigenvalue weighted by atomic mass is 35.5. The first kappa shape index (κ1) is 21.3. The predicted octanol–water partition coefficient (Wildman–Crippen LogP) is 3.96. The van der Waals surface area contributed by atoms with Crippen molar-refractivity contribution in [3.05, 3.63) is 28.2 Å². The predicted molar refractivity (Wildman–Crippen MR) is 90.0 cm³/mol. The van der Waals surface area contributed by atoms with Crippen LogP contribution in [0.3, 0.4) is 0 Å². The molecule has 1 rings (SSSR count). The fourth-order valence-electron chi connectivity index (χ4n) is 1.58. The van der Waals surface area contributed by atoms with Gasteiger partial charge in [0.1, 0.15) is 5.75 Å². The average molecular weight is 414 g/mol. The minimum atomic E-state index is -1.84. The van der Waals surface area contributed by atoms with E-state index in [9.17, 15) is 14.4 Å². The van der Waals surface area contributed by atoms with Crippen molar-refractivity contribution in [2.24, 2.45) is 0 Å². The van der Waals surface area contributed by atoms with Gasteiger partial charge in [-0.2, -0.15) is 0 Å². The second kappa shape index (κ2) is 11.0. The van der Waals surface area contributed by atoms with Crippen LogP contribution in [0.5, 0.6) is 5.75 Å². The molecule has 1 aromatic rings. The Hall–Kier alpha value is -1.70. The van der Waals surface area contributed by atoms with E-state index in [1.54, 1.807) is 19.1 Å². The Labute approximate surface area is 159 Å². The second-order valence-electron chi connectivity index (χ2n) is 4.46. The Bertz CT molecular complexity index is 621. The molecular weight excluding hydrogens is 399 g/mol. The average Bonchev–Trinajstić information content (AvgIpc) is 2.52. The van der Waals surface area contributed by atoms with Crippen LogP contribution in [0.1, 0.15) is 19.8 Å². The number of halogens is 3. The maximum absolute atomic E-state index is 11.7. The largest absolute Gasteiger partial charge is 0.492 e. The zero-order valence-electron chi connectivity index (χ0n) is 13.1. The number of carbonyl (C=O) groups is 3. The summed E-state index contributed by atoms with van der Waals surface area (Å²) in [5.41, 5.74) is -1.30. The monoisotopic (exact) mass is 412 g/mol. The lowest BCUT2D eigenvalue weighted by Crippen LogP contribution is -2.32. The van der Waals surface area contributed by atoms with E-state index in [4.69, 9.17) is 44.3 Å². The minimum absolute atomic E-state index is 0.0163. The quantitative estimate of drug-likeness (QED) is 0.262. The van der Waals surface area contributed by atoms with E-state index in [1.807, 2.05) is 0 Å². The van der Waals surface area contributed by atoms with Gasteiger partial charge in [-0.05, 0) is 31.5 Å². The van der Waals surface area contributed by atoms with E-state index in [2.05, 4.69) is 9.47 Å². The van der Waals surface area contributed by atoms with Crippen molar-refractivity contribution in [2.75, 3.05) is 13.2 Å². The maximum Gasteiger partial charge on any atom is 0.407 e. The molecule has 1 atom stereocenters. The van der Waals surface area contributed by atoms with Crippen LogP contribution < -0.4 is 4.74 Å². The fraction of sp³-hybridized carbons (Fsp3) is 0.400. The zero-order valence-corrected chi connectivity index (χ0v) is 15.4. The van der Waals surface area contributed by atoms with Crippen LogP contribution in [0.15, 0.2) is 18.2 Å². The van der Waals surface area contributed by atoms with Gasteiger partial charge in [0.25, 0.3) is 0 Å². The Morgan fingerprint density at radius 1 is 1.16 bits per heavy atom. The van der Waals surface area contributed by atoms with Gasteiger partial charge in [-0.15, -0.1) is 0 Å². The van der Waals surface area contributed by atoms with Crippen LogP contribution in [0, 0.1) is 0 Å². The molecule has 0 bridgehead atoms. The third-order valence-electron chi connectivity index (χ3n) is 2.59. The van der Waals surface area contributed by atoms with E-state index in [-0.39, 0.29) is 26.1 Å². The van der Waals surface area contributed by atoms with Crippen molar-refractivity contribution in [3.8, 4) is 5.75 Å². The van der Waals surface area contributed by atoms with Gasteiger partial charge in [-0.25, -0.2) is 9.59 Å². The number of hydrogen-bond acceptors (Lipinski definition) is 7. The molecule has 0 radical (unpaired) electrons. The first-order chi connectivity index (χ1) is 11.8. The van der Waals surface area contributed by atoms with Crippen LogP contribution in [-0.2, 0) is 23.8 Å². The van der Waals surface area contributed by atoms with Crippen LogP contribution in [-0.4, -0.2) is 36.9 Å². The fourth-order valence-corrected chi connectivity index (χ4v) is 2.13. The smallest absolute Gasteiger partial charge is 0.407 e. The zero-order chi connectivity index (χ0) is 18.8. The molecule has 0 amide bonds. The van der Waals surface area contributed by atoms with Crippen molar-refractivity contribution >= 4 is 52.2 Å². The molecule has 0 spiro atoms.